The molecule has 0 heterocycles. The molecule has 0 aliphatic heterocycles. The van der Waals surface area contributed by atoms with Crippen molar-refractivity contribution in [2.24, 2.45) is 0 Å². The number of benzene rings is 4. The van der Waals surface area contributed by atoms with Crippen molar-refractivity contribution in [2.45, 2.75) is 19.3 Å². The maximum absolute atomic E-state index is 13.4. The second kappa shape index (κ2) is 18.1. The Morgan fingerprint density at radius 2 is 0.870 bits per heavy atom. The number of amides is 6. The van der Waals surface area contributed by atoms with Crippen LogP contribution in [0.5, 0.6) is 0 Å². The van der Waals surface area contributed by atoms with Gasteiger partial charge in [0.2, 0.25) is 0 Å². The van der Waals surface area contributed by atoms with E-state index in [1.165, 1.54) is 0 Å². The SMILES string of the molecule is N#CCCN(CCCN(CCCN(C(=O)Nc1ccccc1)c1ccccc1)C(=O)Nc1ccccc1)C(=O)Nc1ccccc1. The zero-order valence-electron chi connectivity index (χ0n) is 25.7. The molecule has 4 rings (SSSR count). The van der Waals surface area contributed by atoms with Gasteiger partial charge < -0.3 is 25.8 Å². The molecule has 4 aromatic rings. The van der Waals surface area contributed by atoms with E-state index < -0.39 is 0 Å². The molecule has 0 aliphatic rings. The predicted molar refractivity (Wildman–Crippen MR) is 183 cm³/mol. The summed E-state index contributed by atoms with van der Waals surface area (Å²) in [5, 5.41) is 17.9. The van der Waals surface area contributed by atoms with E-state index in [9.17, 15) is 14.4 Å². The van der Waals surface area contributed by atoms with Gasteiger partial charge in [-0.15, -0.1) is 0 Å². The van der Waals surface area contributed by atoms with Crippen molar-refractivity contribution >= 4 is 40.8 Å². The number of hydrogen-bond donors (Lipinski definition) is 3. The third-order valence-corrected chi connectivity index (χ3v) is 7.12. The van der Waals surface area contributed by atoms with Crippen molar-refractivity contribution in [3.8, 4) is 6.07 Å². The molecule has 4 aromatic carbocycles. The summed E-state index contributed by atoms with van der Waals surface area (Å²) in [7, 11) is 0. The fourth-order valence-electron chi connectivity index (χ4n) is 4.80. The number of rotatable bonds is 14. The molecule has 46 heavy (non-hydrogen) atoms. The molecule has 0 aromatic heterocycles. The Hall–Kier alpha value is -5.82. The van der Waals surface area contributed by atoms with Crippen LogP contribution < -0.4 is 20.9 Å². The fraction of sp³-hybridized carbons (Fsp3) is 0.222. The lowest BCUT2D eigenvalue weighted by atomic mass is 10.2. The summed E-state index contributed by atoms with van der Waals surface area (Å²) >= 11 is 0. The fourth-order valence-corrected chi connectivity index (χ4v) is 4.80. The number of nitrogens with zero attached hydrogens (tertiary/aromatic N) is 4. The monoisotopic (exact) mass is 617 g/mol. The molecule has 0 atom stereocenters. The van der Waals surface area contributed by atoms with Crippen LogP contribution in [0.2, 0.25) is 0 Å². The van der Waals surface area contributed by atoms with E-state index >= 15 is 0 Å². The van der Waals surface area contributed by atoms with Gasteiger partial charge >= 0.3 is 18.1 Å². The average Bonchev–Trinajstić information content (AvgIpc) is 3.08. The van der Waals surface area contributed by atoms with Crippen LogP contribution in [0, 0.1) is 11.3 Å². The summed E-state index contributed by atoms with van der Waals surface area (Å²) < 4.78 is 0. The van der Waals surface area contributed by atoms with E-state index in [1.807, 2.05) is 109 Å². The molecule has 0 radical (unpaired) electrons. The van der Waals surface area contributed by atoms with Crippen LogP contribution in [0.1, 0.15) is 19.3 Å². The first-order chi connectivity index (χ1) is 22.5. The summed E-state index contributed by atoms with van der Waals surface area (Å²) in [5.41, 5.74) is 2.77. The summed E-state index contributed by atoms with van der Waals surface area (Å²) in [4.78, 5) is 44.8. The number of nitriles is 1. The Bertz CT molecular complexity index is 1550. The largest absolute Gasteiger partial charge is 0.326 e. The quantitative estimate of drug-likeness (QED) is 0.136. The highest BCUT2D eigenvalue weighted by atomic mass is 16.2. The Balaban J connectivity index is 1.42. The van der Waals surface area contributed by atoms with Crippen LogP contribution in [0.15, 0.2) is 121 Å². The van der Waals surface area contributed by atoms with Gasteiger partial charge in [-0.05, 0) is 61.4 Å². The number of anilines is 4. The van der Waals surface area contributed by atoms with E-state index in [1.54, 1.807) is 26.8 Å². The summed E-state index contributed by atoms with van der Waals surface area (Å²) in [5.74, 6) is 0. The molecule has 0 fully saturated rings. The van der Waals surface area contributed by atoms with E-state index in [4.69, 9.17) is 5.26 Å². The Morgan fingerprint density at radius 3 is 1.30 bits per heavy atom. The first-order valence-corrected chi connectivity index (χ1v) is 15.3. The molecule has 10 heteroatoms. The van der Waals surface area contributed by atoms with E-state index in [0.717, 1.165) is 5.69 Å². The maximum Gasteiger partial charge on any atom is 0.326 e. The molecule has 236 valence electrons. The molecule has 10 nitrogen and oxygen atoms in total. The number of urea groups is 3. The predicted octanol–water partition coefficient (Wildman–Crippen LogP) is 7.49. The number of carbonyl (C=O) groups is 3. The summed E-state index contributed by atoms with van der Waals surface area (Å²) in [6.45, 7) is 1.72. The van der Waals surface area contributed by atoms with Gasteiger partial charge in [0.25, 0.3) is 0 Å². The summed E-state index contributed by atoms with van der Waals surface area (Å²) in [6, 6.07) is 38.3. The smallest absolute Gasteiger partial charge is 0.324 e. The average molecular weight is 618 g/mol. The highest BCUT2D eigenvalue weighted by Gasteiger charge is 2.20. The van der Waals surface area contributed by atoms with Crippen molar-refractivity contribution in [1.29, 1.82) is 5.26 Å². The van der Waals surface area contributed by atoms with Gasteiger partial charge in [-0.3, -0.25) is 4.90 Å². The molecule has 0 spiro atoms. The minimum absolute atomic E-state index is 0.195. The molecule has 6 amide bonds. The molecule has 0 bridgehead atoms. The summed E-state index contributed by atoms with van der Waals surface area (Å²) in [6.07, 6.45) is 1.19. The van der Waals surface area contributed by atoms with Gasteiger partial charge in [-0.2, -0.15) is 5.26 Å². The Kier molecular flexibility index (Phi) is 13.0. The maximum atomic E-state index is 13.4. The van der Waals surface area contributed by atoms with Crippen LogP contribution in [0.25, 0.3) is 0 Å². The second-order valence-corrected chi connectivity index (χ2v) is 10.5. The van der Waals surface area contributed by atoms with Crippen molar-refractivity contribution in [3.05, 3.63) is 121 Å². The van der Waals surface area contributed by atoms with Gasteiger partial charge in [-0.25, -0.2) is 14.4 Å². The highest BCUT2D eigenvalue weighted by molar-refractivity contribution is 6.01. The van der Waals surface area contributed by atoms with Gasteiger partial charge in [0.15, 0.2) is 0 Å². The number of nitrogens with one attached hydrogen (secondary N) is 3. The van der Waals surface area contributed by atoms with Crippen molar-refractivity contribution in [2.75, 3.05) is 53.6 Å². The van der Waals surface area contributed by atoms with Gasteiger partial charge in [0.05, 0.1) is 12.5 Å². The normalized spacial score (nSPS) is 10.2. The van der Waals surface area contributed by atoms with Gasteiger partial charge in [-0.1, -0.05) is 72.8 Å². The van der Waals surface area contributed by atoms with E-state index in [-0.39, 0.29) is 31.1 Å². The molecule has 0 unspecified atom stereocenters. The van der Waals surface area contributed by atoms with Crippen molar-refractivity contribution in [1.82, 2.24) is 9.80 Å². The second-order valence-electron chi connectivity index (χ2n) is 10.5. The Labute approximate surface area is 270 Å². The van der Waals surface area contributed by atoms with Crippen molar-refractivity contribution in [3.63, 3.8) is 0 Å². The molecule has 3 N–H and O–H groups in total. The van der Waals surface area contributed by atoms with Crippen LogP contribution in [0.4, 0.5) is 37.1 Å². The van der Waals surface area contributed by atoms with Crippen LogP contribution in [-0.4, -0.2) is 60.6 Å². The number of hydrogen-bond acceptors (Lipinski definition) is 4. The molecular weight excluding hydrogens is 578 g/mol. The van der Waals surface area contributed by atoms with E-state index in [2.05, 4.69) is 22.0 Å². The first kappa shape index (κ1) is 33.1. The highest BCUT2D eigenvalue weighted by Crippen LogP contribution is 2.17. The first-order valence-electron chi connectivity index (χ1n) is 15.3. The van der Waals surface area contributed by atoms with Gasteiger partial charge in [0, 0.05) is 55.5 Å². The van der Waals surface area contributed by atoms with Crippen LogP contribution >= 0.6 is 0 Å². The third kappa shape index (κ3) is 10.7. The van der Waals surface area contributed by atoms with Crippen LogP contribution in [0.3, 0.4) is 0 Å². The molecule has 0 saturated heterocycles. The minimum atomic E-state index is -0.301. The molecule has 0 saturated carbocycles. The number of carbonyl (C=O) groups excluding carboxylic acids is 3. The van der Waals surface area contributed by atoms with Crippen molar-refractivity contribution < 1.29 is 14.4 Å². The zero-order valence-corrected chi connectivity index (χ0v) is 25.7. The third-order valence-electron chi connectivity index (χ3n) is 7.12. The lowest BCUT2D eigenvalue weighted by Gasteiger charge is -2.28. The lowest BCUT2D eigenvalue weighted by molar-refractivity contribution is 0.199. The zero-order chi connectivity index (χ0) is 32.4. The molecule has 0 aliphatic carbocycles. The minimum Gasteiger partial charge on any atom is -0.324 e. The standard InChI is InChI=1S/C36H39N7O3/c37-24-13-25-41(34(44)38-30-16-5-1-6-17-30)26-14-27-42(35(45)39-31-18-7-2-8-19-31)28-15-29-43(33-22-11-4-12-23-33)36(46)40-32-20-9-3-10-21-32/h1-12,16-23H,13-15,25-29H2,(H,38,44)(H,39,45)(H,40,46). The van der Waals surface area contributed by atoms with Crippen LogP contribution in [-0.2, 0) is 0 Å². The lowest BCUT2D eigenvalue weighted by Crippen LogP contribution is -2.42. The number of para-hydroxylation sites is 4. The Morgan fingerprint density at radius 1 is 0.500 bits per heavy atom. The molecular formula is C36H39N7O3. The van der Waals surface area contributed by atoms with E-state index in [0.29, 0.717) is 56.1 Å². The van der Waals surface area contributed by atoms with Gasteiger partial charge in [0.1, 0.15) is 0 Å². The topological polar surface area (TPSA) is 121 Å².